The smallest absolute Gasteiger partial charge is 0.323 e. The summed E-state index contributed by atoms with van der Waals surface area (Å²) >= 11 is 0. The zero-order valence-corrected chi connectivity index (χ0v) is 12.4. The number of hydrogen-bond donors (Lipinski definition) is 1. The van der Waals surface area contributed by atoms with Crippen molar-refractivity contribution >= 4 is 5.97 Å². The van der Waals surface area contributed by atoms with Gasteiger partial charge in [0, 0.05) is 6.04 Å². The lowest BCUT2D eigenvalue weighted by atomic mass is 9.84. The summed E-state index contributed by atoms with van der Waals surface area (Å²) in [5.41, 5.74) is 0. The van der Waals surface area contributed by atoms with Gasteiger partial charge in [0.1, 0.15) is 6.04 Å². The van der Waals surface area contributed by atoms with Crippen LogP contribution in [0.5, 0.6) is 0 Å². The van der Waals surface area contributed by atoms with Crippen LogP contribution in [0.3, 0.4) is 0 Å². The third kappa shape index (κ3) is 4.27. The van der Waals surface area contributed by atoms with Crippen molar-refractivity contribution in [3.63, 3.8) is 0 Å². The molecule has 0 aromatic heterocycles. The van der Waals surface area contributed by atoms with Crippen molar-refractivity contribution < 1.29 is 9.53 Å². The highest BCUT2D eigenvalue weighted by Gasteiger charge is 2.29. The van der Waals surface area contributed by atoms with Crippen LogP contribution in [0.15, 0.2) is 0 Å². The van der Waals surface area contributed by atoms with E-state index in [1.165, 1.54) is 39.2 Å². The lowest BCUT2D eigenvalue weighted by Crippen LogP contribution is -2.48. The standard InChI is InChI=1S/C15H29NO2/c1-5-11(3)14(15(17)18-4)16-13-9-7-12(6-2)8-10-13/h11-14,16H,5-10H2,1-4H3. The fourth-order valence-electron chi connectivity index (χ4n) is 2.82. The zero-order chi connectivity index (χ0) is 13.5. The molecule has 18 heavy (non-hydrogen) atoms. The fourth-order valence-corrected chi connectivity index (χ4v) is 2.82. The molecule has 3 heteroatoms. The molecule has 0 heterocycles. The number of carbonyl (C=O) groups excluding carboxylic acids is 1. The highest BCUT2D eigenvalue weighted by molar-refractivity contribution is 5.76. The van der Waals surface area contributed by atoms with Gasteiger partial charge in [-0.3, -0.25) is 4.79 Å². The second-order valence-corrected chi connectivity index (χ2v) is 5.68. The molecule has 0 aliphatic heterocycles. The number of esters is 1. The van der Waals surface area contributed by atoms with Crippen LogP contribution >= 0.6 is 0 Å². The Hall–Kier alpha value is -0.570. The first-order valence-electron chi connectivity index (χ1n) is 7.46. The Morgan fingerprint density at radius 1 is 1.28 bits per heavy atom. The quantitative estimate of drug-likeness (QED) is 0.741. The van der Waals surface area contributed by atoms with E-state index in [0.717, 1.165) is 12.3 Å². The molecule has 1 aliphatic rings. The minimum absolute atomic E-state index is 0.109. The van der Waals surface area contributed by atoms with Crippen molar-refractivity contribution in [2.45, 2.75) is 71.4 Å². The first-order chi connectivity index (χ1) is 8.62. The lowest BCUT2D eigenvalue weighted by molar-refractivity contribution is -0.144. The summed E-state index contributed by atoms with van der Waals surface area (Å²) < 4.78 is 4.92. The van der Waals surface area contributed by atoms with Gasteiger partial charge in [0.15, 0.2) is 0 Å². The van der Waals surface area contributed by atoms with Gasteiger partial charge in [0.05, 0.1) is 7.11 Å². The Labute approximate surface area is 112 Å². The van der Waals surface area contributed by atoms with Crippen molar-refractivity contribution in [2.24, 2.45) is 11.8 Å². The van der Waals surface area contributed by atoms with E-state index in [1.807, 2.05) is 0 Å². The number of nitrogens with one attached hydrogen (secondary N) is 1. The molecule has 0 aromatic rings. The molecule has 2 atom stereocenters. The number of hydrogen-bond acceptors (Lipinski definition) is 3. The molecule has 106 valence electrons. The Morgan fingerprint density at radius 2 is 1.89 bits per heavy atom. The van der Waals surface area contributed by atoms with Gasteiger partial charge in [-0.1, -0.05) is 33.6 Å². The topological polar surface area (TPSA) is 38.3 Å². The third-order valence-corrected chi connectivity index (χ3v) is 4.51. The molecular formula is C15H29NO2. The molecule has 0 saturated heterocycles. The highest BCUT2D eigenvalue weighted by Crippen LogP contribution is 2.27. The first-order valence-corrected chi connectivity index (χ1v) is 7.46. The first kappa shape index (κ1) is 15.5. The predicted octanol–water partition coefficient (Wildman–Crippen LogP) is 3.13. The molecule has 2 unspecified atom stereocenters. The fraction of sp³-hybridized carbons (Fsp3) is 0.933. The summed E-state index contributed by atoms with van der Waals surface area (Å²) in [4.78, 5) is 11.8. The molecule has 1 fully saturated rings. The summed E-state index contributed by atoms with van der Waals surface area (Å²) in [5, 5.41) is 3.53. The summed E-state index contributed by atoms with van der Waals surface area (Å²) in [6, 6.07) is 0.356. The number of methoxy groups -OCH3 is 1. The van der Waals surface area contributed by atoms with E-state index in [0.29, 0.717) is 12.0 Å². The minimum Gasteiger partial charge on any atom is -0.468 e. The largest absolute Gasteiger partial charge is 0.468 e. The van der Waals surface area contributed by atoms with Crippen LogP contribution in [0.25, 0.3) is 0 Å². The van der Waals surface area contributed by atoms with Gasteiger partial charge in [0.25, 0.3) is 0 Å². The predicted molar refractivity (Wildman–Crippen MR) is 74.4 cm³/mol. The molecular weight excluding hydrogens is 226 g/mol. The molecule has 0 bridgehead atoms. The van der Waals surface area contributed by atoms with Gasteiger partial charge in [0.2, 0.25) is 0 Å². The van der Waals surface area contributed by atoms with Gasteiger partial charge in [-0.2, -0.15) is 0 Å². The van der Waals surface area contributed by atoms with E-state index < -0.39 is 0 Å². The Morgan fingerprint density at radius 3 is 2.33 bits per heavy atom. The van der Waals surface area contributed by atoms with Crippen LogP contribution in [0, 0.1) is 11.8 Å². The van der Waals surface area contributed by atoms with Crippen molar-refractivity contribution in [3.8, 4) is 0 Å². The van der Waals surface area contributed by atoms with Crippen LogP contribution in [-0.2, 0) is 9.53 Å². The molecule has 0 aromatic carbocycles. The second-order valence-electron chi connectivity index (χ2n) is 5.68. The van der Waals surface area contributed by atoms with Crippen LogP contribution in [0.1, 0.15) is 59.3 Å². The maximum absolute atomic E-state index is 11.8. The summed E-state index contributed by atoms with van der Waals surface area (Å²) in [5.74, 6) is 1.12. The van der Waals surface area contributed by atoms with Gasteiger partial charge in [-0.05, 0) is 37.5 Å². The molecule has 1 N–H and O–H groups in total. The van der Waals surface area contributed by atoms with Gasteiger partial charge in [-0.15, -0.1) is 0 Å². The van der Waals surface area contributed by atoms with E-state index in [9.17, 15) is 4.79 Å². The molecule has 1 saturated carbocycles. The molecule has 0 radical (unpaired) electrons. The maximum Gasteiger partial charge on any atom is 0.323 e. The van der Waals surface area contributed by atoms with E-state index >= 15 is 0 Å². The molecule has 1 rings (SSSR count). The number of carbonyl (C=O) groups is 1. The summed E-state index contributed by atoms with van der Waals surface area (Å²) in [6.45, 7) is 6.51. The minimum atomic E-state index is -0.136. The van der Waals surface area contributed by atoms with Crippen LogP contribution in [-0.4, -0.2) is 25.2 Å². The number of ether oxygens (including phenoxy) is 1. The van der Waals surface area contributed by atoms with Crippen molar-refractivity contribution in [2.75, 3.05) is 7.11 Å². The van der Waals surface area contributed by atoms with Crippen molar-refractivity contribution in [1.29, 1.82) is 0 Å². The van der Waals surface area contributed by atoms with E-state index in [4.69, 9.17) is 4.74 Å². The van der Waals surface area contributed by atoms with Crippen LogP contribution < -0.4 is 5.32 Å². The van der Waals surface area contributed by atoms with Gasteiger partial charge in [-0.25, -0.2) is 0 Å². The lowest BCUT2D eigenvalue weighted by Gasteiger charge is -2.32. The van der Waals surface area contributed by atoms with E-state index in [1.54, 1.807) is 0 Å². The van der Waals surface area contributed by atoms with Crippen molar-refractivity contribution in [3.05, 3.63) is 0 Å². The monoisotopic (exact) mass is 255 g/mol. The molecule has 0 amide bonds. The number of rotatable bonds is 6. The third-order valence-electron chi connectivity index (χ3n) is 4.51. The molecule has 1 aliphatic carbocycles. The van der Waals surface area contributed by atoms with Crippen molar-refractivity contribution in [1.82, 2.24) is 5.32 Å². The molecule has 0 spiro atoms. The Bertz CT molecular complexity index is 247. The normalized spacial score (nSPS) is 27.6. The average molecular weight is 255 g/mol. The van der Waals surface area contributed by atoms with E-state index in [-0.39, 0.29) is 12.0 Å². The summed E-state index contributed by atoms with van der Waals surface area (Å²) in [6.07, 6.45) is 7.27. The Kier molecular flexibility index (Phi) is 6.69. The van der Waals surface area contributed by atoms with Crippen LogP contribution in [0.4, 0.5) is 0 Å². The van der Waals surface area contributed by atoms with Crippen LogP contribution in [0.2, 0.25) is 0 Å². The summed E-state index contributed by atoms with van der Waals surface area (Å²) in [7, 11) is 1.48. The Balaban J connectivity index is 2.49. The average Bonchev–Trinajstić information content (AvgIpc) is 2.43. The van der Waals surface area contributed by atoms with Gasteiger partial charge >= 0.3 is 5.97 Å². The van der Waals surface area contributed by atoms with E-state index in [2.05, 4.69) is 26.1 Å². The molecule has 3 nitrogen and oxygen atoms in total. The second kappa shape index (κ2) is 7.78. The highest BCUT2D eigenvalue weighted by atomic mass is 16.5. The maximum atomic E-state index is 11.8. The zero-order valence-electron chi connectivity index (χ0n) is 12.4. The van der Waals surface area contributed by atoms with Gasteiger partial charge < -0.3 is 10.1 Å². The SMILES string of the molecule is CCC1CCC(NC(C(=O)OC)C(C)CC)CC1.